The van der Waals surface area contributed by atoms with Gasteiger partial charge in [0, 0.05) is 13.6 Å². The van der Waals surface area contributed by atoms with E-state index in [2.05, 4.69) is 10.3 Å². The number of carbonyl (C=O) groups excluding carboxylic acids is 1. The zero-order valence-corrected chi connectivity index (χ0v) is 11.9. The molecule has 3 rings (SSSR count). The Morgan fingerprint density at radius 1 is 1.47 bits per heavy atom. The van der Waals surface area contributed by atoms with Crippen molar-refractivity contribution >= 4 is 5.91 Å². The Morgan fingerprint density at radius 2 is 2.21 bits per heavy atom. The summed E-state index contributed by atoms with van der Waals surface area (Å²) in [5.74, 6) is 0.737. The second kappa shape index (κ2) is 4.66. The zero-order valence-electron chi connectivity index (χ0n) is 11.9. The monoisotopic (exact) mass is 261 g/mol. The molecule has 1 aromatic heterocycles. The van der Waals surface area contributed by atoms with Crippen molar-refractivity contribution in [1.82, 2.24) is 14.9 Å². The van der Waals surface area contributed by atoms with Crippen molar-refractivity contribution in [2.24, 2.45) is 18.4 Å². The van der Waals surface area contributed by atoms with Crippen molar-refractivity contribution in [3.05, 3.63) is 17.7 Å². The van der Waals surface area contributed by atoms with Gasteiger partial charge in [-0.1, -0.05) is 19.3 Å². The van der Waals surface area contributed by atoms with Crippen LogP contribution in [0.4, 0.5) is 0 Å². The van der Waals surface area contributed by atoms with Gasteiger partial charge in [0.15, 0.2) is 0 Å². The van der Waals surface area contributed by atoms with E-state index in [4.69, 9.17) is 0 Å². The molecule has 1 N–H and O–H groups in total. The standard InChI is InChI=1S/C15H23N3O/c1-11-13(18(2)10-17-11)14(19)16-9-12-8-15(12)6-4-3-5-7-15/h10,12H,3-9H2,1-2H3,(H,16,19)/t12-/m0/s1. The number of amides is 1. The highest BCUT2D eigenvalue weighted by atomic mass is 16.2. The van der Waals surface area contributed by atoms with Crippen molar-refractivity contribution in [1.29, 1.82) is 0 Å². The third kappa shape index (κ3) is 2.28. The van der Waals surface area contributed by atoms with Crippen molar-refractivity contribution in [2.45, 2.75) is 45.4 Å². The van der Waals surface area contributed by atoms with Gasteiger partial charge >= 0.3 is 0 Å². The Kier molecular flexibility index (Phi) is 3.11. The van der Waals surface area contributed by atoms with Crippen LogP contribution in [0.1, 0.15) is 54.7 Å². The summed E-state index contributed by atoms with van der Waals surface area (Å²) in [6, 6.07) is 0. The first kappa shape index (κ1) is 12.7. The molecule has 0 unspecified atom stereocenters. The van der Waals surface area contributed by atoms with Crippen LogP contribution in [0, 0.1) is 18.3 Å². The number of aromatic nitrogens is 2. The summed E-state index contributed by atoms with van der Waals surface area (Å²) in [4.78, 5) is 16.3. The lowest BCUT2D eigenvalue weighted by atomic mass is 9.84. The van der Waals surface area contributed by atoms with E-state index in [-0.39, 0.29) is 5.91 Å². The highest BCUT2D eigenvalue weighted by molar-refractivity contribution is 5.93. The molecule has 19 heavy (non-hydrogen) atoms. The first-order chi connectivity index (χ1) is 9.12. The molecule has 1 amide bonds. The van der Waals surface area contributed by atoms with Gasteiger partial charge in [-0.05, 0) is 37.5 Å². The average Bonchev–Trinajstić information content (AvgIpc) is 2.94. The van der Waals surface area contributed by atoms with Crippen molar-refractivity contribution in [3.8, 4) is 0 Å². The van der Waals surface area contributed by atoms with Gasteiger partial charge in [0.1, 0.15) is 5.69 Å². The van der Waals surface area contributed by atoms with Gasteiger partial charge < -0.3 is 9.88 Å². The zero-order chi connectivity index (χ0) is 13.5. The molecule has 104 valence electrons. The van der Waals surface area contributed by atoms with Gasteiger partial charge in [-0.2, -0.15) is 0 Å². The van der Waals surface area contributed by atoms with Gasteiger partial charge in [0.25, 0.3) is 5.91 Å². The smallest absolute Gasteiger partial charge is 0.269 e. The Labute approximate surface area is 114 Å². The molecular weight excluding hydrogens is 238 g/mol. The average molecular weight is 261 g/mol. The van der Waals surface area contributed by atoms with E-state index in [0.29, 0.717) is 17.0 Å². The first-order valence-corrected chi connectivity index (χ1v) is 7.38. The molecule has 0 bridgehead atoms. The summed E-state index contributed by atoms with van der Waals surface area (Å²) >= 11 is 0. The SMILES string of the molecule is Cc1ncn(C)c1C(=O)NC[C@@H]1CC12CCCCC2. The molecule has 0 saturated heterocycles. The largest absolute Gasteiger partial charge is 0.350 e. The normalized spacial score (nSPS) is 24.4. The maximum atomic E-state index is 12.2. The number of hydrogen-bond acceptors (Lipinski definition) is 2. The molecule has 0 aromatic carbocycles. The van der Waals surface area contributed by atoms with E-state index in [1.807, 2.05) is 14.0 Å². The minimum atomic E-state index is 0.0235. The quantitative estimate of drug-likeness (QED) is 0.908. The van der Waals surface area contributed by atoms with E-state index >= 15 is 0 Å². The Balaban J connectivity index is 1.55. The summed E-state index contributed by atoms with van der Waals surface area (Å²) in [5.41, 5.74) is 2.09. The number of nitrogens with one attached hydrogen (secondary N) is 1. The van der Waals surface area contributed by atoms with Crippen LogP contribution in [0.25, 0.3) is 0 Å². The molecule has 2 aliphatic rings. The van der Waals surface area contributed by atoms with E-state index in [0.717, 1.165) is 12.2 Å². The van der Waals surface area contributed by atoms with E-state index < -0.39 is 0 Å². The van der Waals surface area contributed by atoms with Crippen molar-refractivity contribution in [3.63, 3.8) is 0 Å². The molecule has 2 aliphatic carbocycles. The fourth-order valence-corrected chi connectivity index (χ4v) is 3.76. The Bertz CT molecular complexity index is 466. The molecule has 2 fully saturated rings. The fraction of sp³-hybridized carbons (Fsp3) is 0.733. The highest BCUT2D eigenvalue weighted by Crippen LogP contribution is 2.60. The maximum Gasteiger partial charge on any atom is 0.269 e. The molecule has 1 heterocycles. The van der Waals surface area contributed by atoms with Crippen LogP contribution in [-0.2, 0) is 7.05 Å². The third-order valence-corrected chi connectivity index (χ3v) is 5.05. The van der Waals surface area contributed by atoms with Gasteiger partial charge in [-0.15, -0.1) is 0 Å². The van der Waals surface area contributed by atoms with Crippen molar-refractivity contribution in [2.75, 3.05) is 6.54 Å². The number of hydrogen-bond donors (Lipinski definition) is 1. The van der Waals surface area contributed by atoms with Gasteiger partial charge in [0.05, 0.1) is 12.0 Å². The fourth-order valence-electron chi connectivity index (χ4n) is 3.76. The van der Waals surface area contributed by atoms with Crippen LogP contribution in [0.3, 0.4) is 0 Å². The van der Waals surface area contributed by atoms with Crippen LogP contribution in [-0.4, -0.2) is 22.0 Å². The molecule has 1 spiro atoms. The summed E-state index contributed by atoms with van der Waals surface area (Å²) < 4.78 is 1.80. The highest BCUT2D eigenvalue weighted by Gasteiger charge is 2.53. The van der Waals surface area contributed by atoms with Crippen LogP contribution in [0.5, 0.6) is 0 Å². The predicted octanol–water partition coefficient (Wildman–Crippen LogP) is 2.43. The van der Waals surface area contributed by atoms with E-state index in [9.17, 15) is 4.79 Å². The van der Waals surface area contributed by atoms with Crippen molar-refractivity contribution < 1.29 is 4.79 Å². The summed E-state index contributed by atoms with van der Waals surface area (Å²) in [6.07, 6.45) is 9.92. The van der Waals surface area contributed by atoms with Crippen LogP contribution in [0.15, 0.2) is 6.33 Å². The number of imidazole rings is 1. The lowest BCUT2D eigenvalue weighted by Gasteiger charge is -2.22. The summed E-state index contributed by atoms with van der Waals surface area (Å²) in [5, 5.41) is 3.10. The second-order valence-electron chi connectivity index (χ2n) is 6.32. The third-order valence-electron chi connectivity index (χ3n) is 5.05. The van der Waals surface area contributed by atoms with Crippen LogP contribution in [0.2, 0.25) is 0 Å². The predicted molar refractivity (Wildman–Crippen MR) is 73.9 cm³/mol. The Morgan fingerprint density at radius 3 is 2.84 bits per heavy atom. The number of rotatable bonds is 3. The molecule has 0 aliphatic heterocycles. The molecule has 1 aromatic rings. The van der Waals surface area contributed by atoms with Crippen LogP contribution >= 0.6 is 0 Å². The second-order valence-corrected chi connectivity index (χ2v) is 6.32. The number of aryl methyl sites for hydroxylation is 2. The van der Waals surface area contributed by atoms with Gasteiger partial charge in [-0.25, -0.2) is 4.98 Å². The molecular formula is C15H23N3O. The lowest BCUT2D eigenvalue weighted by Crippen LogP contribution is -2.29. The van der Waals surface area contributed by atoms with Gasteiger partial charge in [-0.3, -0.25) is 4.79 Å². The molecule has 1 atom stereocenters. The van der Waals surface area contributed by atoms with Gasteiger partial charge in [0.2, 0.25) is 0 Å². The number of nitrogens with zero attached hydrogens (tertiary/aromatic N) is 2. The number of carbonyl (C=O) groups is 1. The molecule has 0 radical (unpaired) electrons. The minimum absolute atomic E-state index is 0.0235. The van der Waals surface area contributed by atoms with Crippen LogP contribution < -0.4 is 5.32 Å². The molecule has 2 saturated carbocycles. The first-order valence-electron chi connectivity index (χ1n) is 7.38. The Hall–Kier alpha value is -1.32. The lowest BCUT2D eigenvalue weighted by molar-refractivity contribution is 0.0940. The van der Waals surface area contributed by atoms with E-state index in [1.54, 1.807) is 10.9 Å². The topological polar surface area (TPSA) is 46.9 Å². The molecule has 4 heteroatoms. The maximum absolute atomic E-state index is 12.2. The summed E-state index contributed by atoms with van der Waals surface area (Å²) in [7, 11) is 1.87. The summed E-state index contributed by atoms with van der Waals surface area (Å²) in [6.45, 7) is 2.72. The molecule has 4 nitrogen and oxygen atoms in total. The van der Waals surface area contributed by atoms with E-state index in [1.165, 1.54) is 38.5 Å². The minimum Gasteiger partial charge on any atom is -0.350 e.